The Kier molecular flexibility index (Phi) is 10.3. The first-order valence-corrected chi connectivity index (χ1v) is 23.4. The van der Waals surface area contributed by atoms with E-state index >= 15 is 0 Å². The van der Waals surface area contributed by atoms with Gasteiger partial charge in [0.25, 0.3) is 0 Å². The summed E-state index contributed by atoms with van der Waals surface area (Å²) in [5.74, 6) is 0.666. The van der Waals surface area contributed by atoms with Crippen molar-refractivity contribution in [3.63, 3.8) is 0 Å². The number of anilines is 6. The van der Waals surface area contributed by atoms with Crippen molar-refractivity contribution in [3.8, 4) is 22.3 Å². The Morgan fingerprint density at radius 1 is 0.413 bits per heavy atom. The van der Waals surface area contributed by atoms with Gasteiger partial charge in [-0.2, -0.15) is 0 Å². The van der Waals surface area contributed by atoms with Crippen molar-refractivity contribution in [1.82, 2.24) is 0 Å². The molecule has 4 bridgehead atoms. The smallest absolute Gasteiger partial charge is 0.0496 e. The van der Waals surface area contributed by atoms with Crippen molar-refractivity contribution in [2.75, 3.05) is 9.80 Å². The first kappa shape index (κ1) is 39.2. The van der Waals surface area contributed by atoms with Crippen LogP contribution in [0.5, 0.6) is 0 Å². The molecule has 0 aliphatic heterocycles. The van der Waals surface area contributed by atoms with Crippen molar-refractivity contribution < 1.29 is 0 Å². The van der Waals surface area contributed by atoms with Crippen molar-refractivity contribution in [3.05, 3.63) is 227 Å². The van der Waals surface area contributed by atoms with E-state index in [9.17, 15) is 0 Å². The SMILES string of the molecule is CC1(C)c2cc(N(c3ccc(C4CCCCC4)cc3)c3cc4ccc3CCc3ccc(c(N(c5ccccc5)c5ccccc5)c3)CC4)ccc2-c2c(-c3ccccc3)cccc21. The second-order valence-corrected chi connectivity index (χ2v) is 18.6. The lowest BCUT2D eigenvalue weighted by atomic mass is 9.81. The second-order valence-electron chi connectivity index (χ2n) is 18.6. The van der Waals surface area contributed by atoms with Crippen LogP contribution < -0.4 is 9.80 Å². The lowest BCUT2D eigenvalue weighted by Crippen LogP contribution is -2.18. The minimum absolute atomic E-state index is 0.152. The van der Waals surface area contributed by atoms with E-state index in [4.69, 9.17) is 0 Å². The molecular formula is C61H56N2. The van der Waals surface area contributed by atoms with Crippen molar-refractivity contribution >= 4 is 34.1 Å². The van der Waals surface area contributed by atoms with E-state index in [-0.39, 0.29) is 5.41 Å². The molecule has 1 fully saturated rings. The Hall–Kier alpha value is -6.64. The first-order valence-electron chi connectivity index (χ1n) is 23.4. The number of nitrogens with zero attached hydrogens (tertiary/aromatic N) is 2. The Morgan fingerprint density at radius 3 is 1.56 bits per heavy atom. The molecule has 1 saturated carbocycles. The molecule has 6 aliphatic carbocycles. The fraction of sp³-hybridized carbons (Fsp3) is 0.213. The molecule has 2 nitrogen and oxygen atoms in total. The first-order chi connectivity index (χ1) is 31.0. The van der Waals surface area contributed by atoms with Crippen molar-refractivity contribution in [2.45, 2.75) is 83.0 Å². The van der Waals surface area contributed by atoms with Crippen LogP contribution in [0.25, 0.3) is 22.3 Å². The molecule has 14 rings (SSSR count). The summed E-state index contributed by atoms with van der Waals surface area (Å²) >= 11 is 0. The maximum Gasteiger partial charge on any atom is 0.0496 e. The Bertz CT molecular complexity index is 2850. The van der Waals surface area contributed by atoms with Gasteiger partial charge in [-0.15, -0.1) is 0 Å². The van der Waals surface area contributed by atoms with Crippen LogP contribution in [0.15, 0.2) is 188 Å². The fourth-order valence-corrected chi connectivity index (χ4v) is 11.0. The van der Waals surface area contributed by atoms with Gasteiger partial charge in [-0.05, 0) is 166 Å². The molecule has 6 aliphatic rings. The summed E-state index contributed by atoms with van der Waals surface area (Å²) < 4.78 is 0. The zero-order valence-electron chi connectivity index (χ0n) is 36.7. The zero-order valence-corrected chi connectivity index (χ0v) is 36.7. The van der Waals surface area contributed by atoms with Crippen molar-refractivity contribution in [2.24, 2.45) is 0 Å². The van der Waals surface area contributed by atoms with Gasteiger partial charge in [-0.25, -0.2) is 0 Å². The van der Waals surface area contributed by atoms with Crippen LogP contribution in [0.3, 0.4) is 0 Å². The molecule has 0 radical (unpaired) electrons. The maximum atomic E-state index is 2.59. The van der Waals surface area contributed by atoms with E-state index in [0.717, 1.165) is 25.7 Å². The van der Waals surface area contributed by atoms with Gasteiger partial charge in [0.15, 0.2) is 0 Å². The molecule has 2 heteroatoms. The highest BCUT2D eigenvalue weighted by molar-refractivity contribution is 5.94. The number of fused-ring (bicyclic) bond motifs is 3. The van der Waals surface area contributed by atoms with Gasteiger partial charge in [0.2, 0.25) is 0 Å². The average Bonchev–Trinajstić information content (AvgIpc) is 3.57. The van der Waals surface area contributed by atoms with Crippen LogP contribution in [0.4, 0.5) is 34.1 Å². The van der Waals surface area contributed by atoms with Crippen LogP contribution in [0, 0.1) is 0 Å². The number of aryl methyl sites for hydroxylation is 4. The van der Waals surface area contributed by atoms with Crippen LogP contribution >= 0.6 is 0 Å². The largest absolute Gasteiger partial charge is 0.310 e. The molecule has 8 aromatic rings. The standard InChI is InChI=1S/C61H56N2/c1-61(2)56-25-15-24-54(47-18-9-4-10-19-47)60(56)55-39-38-53(42-57(55)61)63(52-36-34-46(35-37-52)45-16-7-3-8-17-45)59-41-44-27-31-48-30-26-43(28-32-49(59)33-29-44)40-58(48)62(50-20-11-5-12-21-50)51-22-13-6-14-23-51/h4-6,9-15,18-26,29-30,33-42,45H,3,7-8,16-17,27-28,31-32H2,1-2H3. The summed E-state index contributed by atoms with van der Waals surface area (Å²) in [5.41, 5.74) is 22.3. The number of hydrogen-bond donors (Lipinski definition) is 0. The monoisotopic (exact) mass is 816 g/mol. The van der Waals surface area contributed by atoms with Gasteiger partial charge in [0.1, 0.15) is 0 Å². The minimum atomic E-state index is -0.152. The van der Waals surface area contributed by atoms with Crippen LogP contribution in [-0.4, -0.2) is 0 Å². The Morgan fingerprint density at radius 2 is 0.952 bits per heavy atom. The highest BCUT2D eigenvalue weighted by Crippen LogP contribution is 2.54. The number of rotatable bonds is 8. The molecule has 0 atom stereocenters. The molecule has 0 heterocycles. The number of hydrogen-bond acceptors (Lipinski definition) is 2. The van der Waals surface area contributed by atoms with E-state index in [1.54, 1.807) is 0 Å². The molecule has 0 aromatic heterocycles. The molecule has 0 N–H and O–H groups in total. The van der Waals surface area contributed by atoms with Crippen LogP contribution in [0.2, 0.25) is 0 Å². The lowest BCUT2D eigenvalue weighted by Gasteiger charge is -2.31. The van der Waals surface area contributed by atoms with E-state index in [0.29, 0.717) is 5.92 Å². The second kappa shape index (κ2) is 16.6. The molecule has 0 amide bonds. The Balaban J connectivity index is 1.02. The number of benzene rings is 8. The van der Waals surface area contributed by atoms with Gasteiger partial charge in [-0.1, -0.05) is 161 Å². The van der Waals surface area contributed by atoms with E-state index in [1.807, 2.05) is 0 Å². The normalized spacial score (nSPS) is 15.3. The highest BCUT2D eigenvalue weighted by atomic mass is 15.2. The lowest BCUT2D eigenvalue weighted by molar-refractivity contribution is 0.443. The van der Waals surface area contributed by atoms with Gasteiger partial charge < -0.3 is 9.80 Å². The van der Waals surface area contributed by atoms with Crippen LogP contribution in [0.1, 0.15) is 90.8 Å². The number of para-hydroxylation sites is 2. The van der Waals surface area contributed by atoms with Gasteiger partial charge in [-0.3, -0.25) is 0 Å². The van der Waals surface area contributed by atoms with Crippen molar-refractivity contribution in [1.29, 1.82) is 0 Å². The summed E-state index contributed by atoms with van der Waals surface area (Å²) in [4.78, 5) is 5.04. The molecule has 63 heavy (non-hydrogen) atoms. The predicted octanol–water partition coefficient (Wildman–Crippen LogP) is 16.5. The van der Waals surface area contributed by atoms with Gasteiger partial charge in [0.05, 0.1) is 0 Å². The van der Waals surface area contributed by atoms with E-state index in [1.165, 1.54) is 127 Å². The third-order valence-electron chi connectivity index (χ3n) is 14.4. The van der Waals surface area contributed by atoms with Crippen LogP contribution in [-0.2, 0) is 31.1 Å². The molecule has 0 saturated heterocycles. The van der Waals surface area contributed by atoms with E-state index < -0.39 is 0 Å². The summed E-state index contributed by atoms with van der Waals surface area (Å²) in [6, 6.07) is 71.2. The molecule has 0 spiro atoms. The predicted molar refractivity (Wildman–Crippen MR) is 266 cm³/mol. The van der Waals surface area contributed by atoms with E-state index in [2.05, 4.69) is 212 Å². The maximum absolute atomic E-state index is 2.59. The fourth-order valence-electron chi connectivity index (χ4n) is 11.0. The highest BCUT2D eigenvalue weighted by Gasteiger charge is 2.37. The third-order valence-corrected chi connectivity index (χ3v) is 14.4. The summed E-state index contributed by atoms with van der Waals surface area (Å²) in [7, 11) is 0. The Labute approximate surface area is 374 Å². The summed E-state index contributed by atoms with van der Waals surface area (Å²) in [6.07, 6.45) is 10.4. The van der Waals surface area contributed by atoms with Gasteiger partial charge in [0, 0.05) is 39.5 Å². The molecule has 310 valence electrons. The third kappa shape index (κ3) is 7.36. The summed E-state index contributed by atoms with van der Waals surface area (Å²) in [5, 5.41) is 0. The summed E-state index contributed by atoms with van der Waals surface area (Å²) in [6.45, 7) is 4.83. The zero-order chi connectivity index (χ0) is 42.3. The molecule has 0 unspecified atom stereocenters. The average molecular weight is 817 g/mol. The topological polar surface area (TPSA) is 6.48 Å². The molecular weight excluding hydrogens is 761 g/mol. The molecule has 8 aromatic carbocycles. The van der Waals surface area contributed by atoms with Gasteiger partial charge >= 0.3 is 0 Å². The quantitative estimate of drug-likeness (QED) is 0.151. The minimum Gasteiger partial charge on any atom is -0.310 e.